The summed E-state index contributed by atoms with van der Waals surface area (Å²) in [4.78, 5) is 0. The number of phenolic OH excluding ortho intramolecular Hbond substituents is 1. The Morgan fingerprint density at radius 1 is 1.31 bits per heavy atom. The first-order chi connectivity index (χ1) is 5.88. The molecule has 0 unspecified atom stereocenters. The van der Waals surface area contributed by atoms with Crippen molar-refractivity contribution in [2.24, 2.45) is 0 Å². The standard InChI is InChI=1S/C10H13ClO2/c1-10(2,3)13-9-5-4-7(12)6-8(9)11/h4-6,12H,1-3H3. The van der Waals surface area contributed by atoms with Gasteiger partial charge in [-0.15, -0.1) is 0 Å². The predicted molar refractivity (Wildman–Crippen MR) is 53.5 cm³/mol. The number of ether oxygens (including phenoxy) is 1. The van der Waals surface area contributed by atoms with Crippen LogP contribution < -0.4 is 4.74 Å². The van der Waals surface area contributed by atoms with E-state index in [-0.39, 0.29) is 11.4 Å². The molecule has 0 heterocycles. The van der Waals surface area contributed by atoms with Crippen molar-refractivity contribution in [2.45, 2.75) is 26.4 Å². The fourth-order valence-electron chi connectivity index (χ4n) is 0.902. The number of rotatable bonds is 1. The minimum atomic E-state index is -0.277. The van der Waals surface area contributed by atoms with Gasteiger partial charge < -0.3 is 9.84 Å². The van der Waals surface area contributed by atoms with Crippen molar-refractivity contribution in [3.63, 3.8) is 0 Å². The van der Waals surface area contributed by atoms with Gasteiger partial charge in [0.15, 0.2) is 0 Å². The summed E-state index contributed by atoms with van der Waals surface area (Å²) in [7, 11) is 0. The molecule has 13 heavy (non-hydrogen) atoms. The van der Waals surface area contributed by atoms with Crippen LogP contribution in [0, 0.1) is 0 Å². The highest BCUT2D eigenvalue weighted by atomic mass is 35.5. The van der Waals surface area contributed by atoms with Crippen LogP contribution in [-0.2, 0) is 0 Å². The Morgan fingerprint density at radius 2 is 1.92 bits per heavy atom. The second kappa shape index (κ2) is 3.46. The molecule has 0 fully saturated rings. The van der Waals surface area contributed by atoms with Crippen molar-refractivity contribution in [2.75, 3.05) is 0 Å². The number of halogens is 1. The third kappa shape index (κ3) is 3.15. The molecule has 1 N–H and O–H groups in total. The minimum absolute atomic E-state index is 0.145. The second-order valence-electron chi connectivity index (χ2n) is 3.83. The molecule has 0 radical (unpaired) electrons. The number of aromatic hydroxyl groups is 1. The fraction of sp³-hybridized carbons (Fsp3) is 0.400. The van der Waals surface area contributed by atoms with Crippen LogP contribution in [0.2, 0.25) is 5.02 Å². The molecular formula is C10H13ClO2. The van der Waals surface area contributed by atoms with E-state index in [0.29, 0.717) is 10.8 Å². The van der Waals surface area contributed by atoms with Gasteiger partial charge in [0, 0.05) is 6.07 Å². The molecule has 3 heteroatoms. The van der Waals surface area contributed by atoms with E-state index in [1.165, 1.54) is 6.07 Å². The van der Waals surface area contributed by atoms with Crippen LogP contribution in [0.15, 0.2) is 18.2 Å². The Hall–Kier alpha value is -0.890. The lowest BCUT2D eigenvalue weighted by Crippen LogP contribution is -2.23. The fourth-order valence-corrected chi connectivity index (χ4v) is 1.12. The molecule has 0 aromatic heterocycles. The maximum atomic E-state index is 9.10. The average Bonchev–Trinajstić information content (AvgIpc) is 1.93. The third-order valence-corrected chi connectivity index (χ3v) is 1.63. The second-order valence-corrected chi connectivity index (χ2v) is 4.24. The molecule has 0 atom stereocenters. The van der Waals surface area contributed by atoms with Crippen molar-refractivity contribution in [3.05, 3.63) is 23.2 Å². The molecule has 0 aliphatic heterocycles. The quantitative estimate of drug-likeness (QED) is 0.754. The summed E-state index contributed by atoms with van der Waals surface area (Å²) in [6, 6.07) is 4.67. The summed E-state index contributed by atoms with van der Waals surface area (Å²) in [5.41, 5.74) is -0.277. The van der Waals surface area contributed by atoms with Crippen LogP contribution in [0.25, 0.3) is 0 Å². The average molecular weight is 201 g/mol. The lowest BCUT2D eigenvalue weighted by Gasteiger charge is -2.21. The van der Waals surface area contributed by atoms with Crippen LogP contribution >= 0.6 is 11.6 Å². The van der Waals surface area contributed by atoms with E-state index in [1.807, 2.05) is 20.8 Å². The Morgan fingerprint density at radius 3 is 2.38 bits per heavy atom. The molecule has 0 aliphatic carbocycles. The normalized spacial score (nSPS) is 11.4. The van der Waals surface area contributed by atoms with Crippen LogP contribution in [0.5, 0.6) is 11.5 Å². The molecule has 1 aromatic carbocycles. The number of hydrogen-bond donors (Lipinski definition) is 1. The van der Waals surface area contributed by atoms with E-state index < -0.39 is 0 Å². The molecule has 0 saturated heterocycles. The van der Waals surface area contributed by atoms with E-state index in [1.54, 1.807) is 12.1 Å². The first kappa shape index (κ1) is 10.2. The van der Waals surface area contributed by atoms with Crippen molar-refractivity contribution in [1.82, 2.24) is 0 Å². The summed E-state index contributed by atoms with van der Waals surface area (Å²) in [6.07, 6.45) is 0. The summed E-state index contributed by atoms with van der Waals surface area (Å²) in [5.74, 6) is 0.734. The van der Waals surface area contributed by atoms with Gasteiger partial charge in [-0.05, 0) is 32.9 Å². The lowest BCUT2D eigenvalue weighted by molar-refractivity contribution is 0.131. The minimum Gasteiger partial charge on any atom is -0.508 e. The summed E-state index contributed by atoms with van der Waals surface area (Å²) in [5, 5.41) is 9.52. The van der Waals surface area contributed by atoms with Gasteiger partial charge in [0.05, 0.1) is 5.02 Å². The first-order valence-electron chi connectivity index (χ1n) is 4.06. The van der Waals surface area contributed by atoms with Crippen LogP contribution in [0.3, 0.4) is 0 Å². The Balaban J connectivity index is 2.90. The van der Waals surface area contributed by atoms with Gasteiger partial charge in [-0.3, -0.25) is 0 Å². The van der Waals surface area contributed by atoms with Crippen molar-refractivity contribution >= 4 is 11.6 Å². The van der Waals surface area contributed by atoms with Gasteiger partial charge in [0.2, 0.25) is 0 Å². The Bertz CT molecular complexity index is 302. The van der Waals surface area contributed by atoms with E-state index in [2.05, 4.69) is 0 Å². The van der Waals surface area contributed by atoms with Gasteiger partial charge in [-0.1, -0.05) is 11.6 Å². The smallest absolute Gasteiger partial charge is 0.138 e. The zero-order valence-electron chi connectivity index (χ0n) is 7.97. The van der Waals surface area contributed by atoms with Crippen LogP contribution in [0.1, 0.15) is 20.8 Å². The third-order valence-electron chi connectivity index (χ3n) is 1.33. The lowest BCUT2D eigenvalue weighted by atomic mass is 10.2. The largest absolute Gasteiger partial charge is 0.508 e. The molecule has 1 aromatic rings. The van der Waals surface area contributed by atoms with Crippen molar-refractivity contribution in [1.29, 1.82) is 0 Å². The number of benzene rings is 1. The van der Waals surface area contributed by atoms with Gasteiger partial charge in [-0.2, -0.15) is 0 Å². The molecule has 0 aliphatic rings. The van der Waals surface area contributed by atoms with Crippen molar-refractivity contribution in [3.8, 4) is 11.5 Å². The predicted octanol–water partition coefficient (Wildman–Crippen LogP) is 3.22. The zero-order valence-corrected chi connectivity index (χ0v) is 8.72. The zero-order chi connectivity index (χ0) is 10.1. The SMILES string of the molecule is CC(C)(C)Oc1ccc(O)cc1Cl. The van der Waals surface area contributed by atoms with E-state index in [4.69, 9.17) is 21.4 Å². The molecular weight excluding hydrogens is 188 g/mol. The van der Waals surface area contributed by atoms with E-state index >= 15 is 0 Å². The molecule has 0 saturated carbocycles. The highest BCUT2D eigenvalue weighted by Crippen LogP contribution is 2.30. The maximum Gasteiger partial charge on any atom is 0.138 e. The molecule has 0 amide bonds. The Kier molecular flexibility index (Phi) is 2.71. The molecule has 1 rings (SSSR count). The number of hydrogen-bond acceptors (Lipinski definition) is 2. The summed E-state index contributed by atoms with van der Waals surface area (Å²) >= 11 is 5.85. The van der Waals surface area contributed by atoms with Gasteiger partial charge in [0.25, 0.3) is 0 Å². The molecule has 0 spiro atoms. The van der Waals surface area contributed by atoms with Crippen LogP contribution in [-0.4, -0.2) is 10.7 Å². The Labute approximate surface area is 83.1 Å². The van der Waals surface area contributed by atoms with Gasteiger partial charge in [-0.25, -0.2) is 0 Å². The summed E-state index contributed by atoms with van der Waals surface area (Å²) in [6.45, 7) is 5.82. The monoisotopic (exact) mass is 200 g/mol. The van der Waals surface area contributed by atoms with Crippen molar-refractivity contribution < 1.29 is 9.84 Å². The highest BCUT2D eigenvalue weighted by Gasteiger charge is 2.13. The molecule has 72 valence electrons. The van der Waals surface area contributed by atoms with Gasteiger partial charge in [0.1, 0.15) is 17.1 Å². The maximum absolute atomic E-state index is 9.10. The van der Waals surface area contributed by atoms with E-state index in [9.17, 15) is 0 Å². The van der Waals surface area contributed by atoms with E-state index in [0.717, 1.165) is 0 Å². The van der Waals surface area contributed by atoms with Gasteiger partial charge >= 0.3 is 0 Å². The summed E-state index contributed by atoms with van der Waals surface area (Å²) < 4.78 is 5.54. The first-order valence-corrected chi connectivity index (χ1v) is 4.44. The highest BCUT2D eigenvalue weighted by molar-refractivity contribution is 6.32. The number of phenols is 1. The topological polar surface area (TPSA) is 29.5 Å². The molecule has 0 bridgehead atoms. The molecule has 2 nitrogen and oxygen atoms in total. The van der Waals surface area contributed by atoms with Crippen LogP contribution in [0.4, 0.5) is 0 Å².